The quantitative estimate of drug-likeness (QED) is 0.759. The lowest BCUT2D eigenvalue weighted by molar-refractivity contribution is -0.274. The molecule has 0 atom stereocenters. The van der Waals surface area contributed by atoms with Crippen LogP contribution >= 0.6 is 0 Å². The van der Waals surface area contributed by atoms with E-state index in [-0.39, 0.29) is 11.2 Å². The van der Waals surface area contributed by atoms with Gasteiger partial charge in [-0.15, -0.1) is 13.2 Å². The van der Waals surface area contributed by atoms with Crippen molar-refractivity contribution in [3.63, 3.8) is 0 Å². The van der Waals surface area contributed by atoms with Gasteiger partial charge in [-0.2, -0.15) is 0 Å². The molecule has 0 heterocycles. The molecule has 0 saturated heterocycles. The van der Waals surface area contributed by atoms with Crippen molar-refractivity contribution >= 4 is 0 Å². The molecule has 1 aromatic rings. The highest BCUT2D eigenvalue weighted by Crippen LogP contribution is 2.26. The Morgan fingerprint density at radius 1 is 1.12 bits per heavy atom. The van der Waals surface area contributed by atoms with Gasteiger partial charge in [0, 0.05) is 0 Å². The number of halogens is 3. The summed E-state index contributed by atoms with van der Waals surface area (Å²) in [5.74, 6) is -0.149. The summed E-state index contributed by atoms with van der Waals surface area (Å²) >= 11 is 0. The number of aryl methyl sites for hydroxylation is 1. The van der Waals surface area contributed by atoms with E-state index in [1.54, 1.807) is 6.07 Å². The molecule has 0 saturated carbocycles. The van der Waals surface area contributed by atoms with Crippen LogP contribution in [0.1, 0.15) is 32.8 Å². The third-order valence-corrected chi connectivity index (χ3v) is 2.30. The second-order valence-electron chi connectivity index (χ2n) is 5.26. The molecule has 0 aliphatic heterocycles. The second kappa shape index (κ2) is 4.98. The number of ether oxygens (including phenoxy) is 1. The fourth-order valence-electron chi connectivity index (χ4n) is 1.42. The van der Waals surface area contributed by atoms with Crippen LogP contribution in [0.4, 0.5) is 13.2 Å². The number of benzene rings is 1. The molecule has 0 N–H and O–H groups in total. The monoisotopic (exact) mass is 246 g/mol. The van der Waals surface area contributed by atoms with Crippen molar-refractivity contribution < 1.29 is 17.9 Å². The summed E-state index contributed by atoms with van der Waals surface area (Å²) in [4.78, 5) is 0. The summed E-state index contributed by atoms with van der Waals surface area (Å²) in [6.07, 6.45) is -2.95. The lowest BCUT2D eigenvalue weighted by atomic mass is 9.89. The van der Waals surface area contributed by atoms with Crippen LogP contribution in [0.2, 0.25) is 0 Å². The van der Waals surface area contributed by atoms with E-state index in [1.165, 1.54) is 12.1 Å². The normalized spacial score (nSPS) is 12.6. The Morgan fingerprint density at radius 3 is 2.29 bits per heavy atom. The van der Waals surface area contributed by atoms with Crippen molar-refractivity contribution in [1.29, 1.82) is 0 Å². The maximum Gasteiger partial charge on any atom is 0.573 e. The molecule has 0 spiro atoms. The van der Waals surface area contributed by atoms with E-state index in [0.717, 1.165) is 18.4 Å². The molecular formula is C13H17F3O. The van der Waals surface area contributed by atoms with Crippen LogP contribution in [0.3, 0.4) is 0 Å². The standard InChI is InChI=1S/C13H17F3O/c1-12(2,3)8-7-10-5-4-6-11(9-10)17-13(14,15)16/h4-6,9H,7-8H2,1-3H3. The van der Waals surface area contributed by atoms with Crippen LogP contribution < -0.4 is 4.74 Å². The predicted molar refractivity (Wildman–Crippen MR) is 60.9 cm³/mol. The van der Waals surface area contributed by atoms with Crippen molar-refractivity contribution in [3.8, 4) is 5.75 Å². The van der Waals surface area contributed by atoms with Crippen molar-refractivity contribution in [3.05, 3.63) is 29.8 Å². The van der Waals surface area contributed by atoms with Crippen molar-refractivity contribution in [2.75, 3.05) is 0 Å². The first-order valence-corrected chi connectivity index (χ1v) is 5.50. The van der Waals surface area contributed by atoms with Gasteiger partial charge in [-0.1, -0.05) is 32.9 Å². The van der Waals surface area contributed by atoms with Crippen LogP contribution in [0.5, 0.6) is 5.75 Å². The Morgan fingerprint density at radius 2 is 1.76 bits per heavy atom. The van der Waals surface area contributed by atoms with Gasteiger partial charge in [-0.05, 0) is 36.0 Å². The summed E-state index contributed by atoms with van der Waals surface area (Å²) in [6, 6.07) is 6.15. The van der Waals surface area contributed by atoms with E-state index in [1.807, 2.05) is 6.07 Å². The third kappa shape index (κ3) is 6.19. The molecule has 0 aromatic heterocycles. The predicted octanol–water partition coefficient (Wildman–Crippen LogP) is 4.56. The highest BCUT2D eigenvalue weighted by atomic mass is 19.4. The van der Waals surface area contributed by atoms with Gasteiger partial charge in [0.25, 0.3) is 0 Å². The lowest BCUT2D eigenvalue weighted by Crippen LogP contribution is -2.17. The summed E-state index contributed by atoms with van der Waals surface area (Å²) in [7, 11) is 0. The number of rotatable bonds is 3. The first-order chi connectivity index (χ1) is 7.66. The topological polar surface area (TPSA) is 9.23 Å². The molecule has 0 aliphatic rings. The molecule has 96 valence electrons. The molecule has 0 radical (unpaired) electrons. The maximum atomic E-state index is 12.0. The Labute approximate surface area is 99.6 Å². The first-order valence-electron chi connectivity index (χ1n) is 5.50. The average molecular weight is 246 g/mol. The molecule has 1 aromatic carbocycles. The second-order valence-corrected chi connectivity index (χ2v) is 5.26. The smallest absolute Gasteiger partial charge is 0.406 e. The van der Waals surface area contributed by atoms with Gasteiger partial charge in [0.1, 0.15) is 5.75 Å². The zero-order chi connectivity index (χ0) is 13.1. The first kappa shape index (κ1) is 13.9. The summed E-state index contributed by atoms with van der Waals surface area (Å²) in [6.45, 7) is 6.30. The number of alkyl halides is 3. The van der Waals surface area contributed by atoms with Crippen LogP contribution in [-0.2, 0) is 6.42 Å². The molecule has 1 rings (SSSR count). The average Bonchev–Trinajstić information content (AvgIpc) is 2.11. The zero-order valence-electron chi connectivity index (χ0n) is 10.3. The molecule has 0 amide bonds. The highest BCUT2D eigenvalue weighted by Gasteiger charge is 2.31. The Kier molecular flexibility index (Phi) is 4.07. The van der Waals surface area contributed by atoms with Crippen LogP contribution in [0.25, 0.3) is 0 Å². The van der Waals surface area contributed by atoms with Gasteiger partial charge in [0.05, 0.1) is 0 Å². The van der Waals surface area contributed by atoms with Crippen LogP contribution in [-0.4, -0.2) is 6.36 Å². The molecule has 4 heteroatoms. The molecule has 0 aliphatic carbocycles. The third-order valence-electron chi connectivity index (χ3n) is 2.30. The van der Waals surface area contributed by atoms with Crippen LogP contribution in [0.15, 0.2) is 24.3 Å². The Balaban J connectivity index is 2.66. The van der Waals surface area contributed by atoms with E-state index in [9.17, 15) is 13.2 Å². The van der Waals surface area contributed by atoms with Crippen molar-refractivity contribution in [1.82, 2.24) is 0 Å². The SMILES string of the molecule is CC(C)(C)CCc1cccc(OC(F)(F)F)c1. The minimum Gasteiger partial charge on any atom is -0.406 e. The lowest BCUT2D eigenvalue weighted by Gasteiger charge is -2.18. The molecule has 0 unspecified atom stereocenters. The minimum atomic E-state index is -4.62. The number of hydrogen-bond acceptors (Lipinski definition) is 1. The van der Waals surface area contributed by atoms with Gasteiger partial charge in [-0.3, -0.25) is 0 Å². The van der Waals surface area contributed by atoms with Crippen molar-refractivity contribution in [2.45, 2.75) is 40.0 Å². The van der Waals surface area contributed by atoms with Crippen molar-refractivity contribution in [2.24, 2.45) is 5.41 Å². The van der Waals surface area contributed by atoms with E-state index in [0.29, 0.717) is 0 Å². The Hall–Kier alpha value is -1.19. The fraction of sp³-hybridized carbons (Fsp3) is 0.538. The van der Waals surface area contributed by atoms with E-state index in [4.69, 9.17) is 0 Å². The van der Waals surface area contributed by atoms with Gasteiger partial charge < -0.3 is 4.74 Å². The molecule has 17 heavy (non-hydrogen) atoms. The minimum absolute atomic E-state index is 0.149. The van der Waals surface area contributed by atoms with Crippen LogP contribution in [0, 0.1) is 5.41 Å². The van der Waals surface area contributed by atoms with Gasteiger partial charge >= 0.3 is 6.36 Å². The number of hydrogen-bond donors (Lipinski definition) is 0. The van der Waals surface area contributed by atoms with E-state index < -0.39 is 6.36 Å². The summed E-state index contributed by atoms with van der Waals surface area (Å²) < 4.78 is 40.0. The van der Waals surface area contributed by atoms with Gasteiger partial charge in [0.2, 0.25) is 0 Å². The zero-order valence-corrected chi connectivity index (χ0v) is 10.3. The molecule has 0 bridgehead atoms. The molecule has 1 nitrogen and oxygen atoms in total. The molecular weight excluding hydrogens is 229 g/mol. The van der Waals surface area contributed by atoms with E-state index in [2.05, 4.69) is 25.5 Å². The van der Waals surface area contributed by atoms with Gasteiger partial charge in [0.15, 0.2) is 0 Å². The van der Waals surface area contributed by atoms with E-state index >= 15 is 0 Å². The maximum absolute atomic E-state index is 12.0. The largest absolute Gasteiger partial charge is 0.573 e. The highest BCUT2D eigenvalue weighted by molar-refractivity contribution is 5.28. The fourth-order valence-corrected chi connectivity index (χ4v) is 1.42. The molecule has 0 fully saturated rings. The Bertz CT molecular complexity index is 364. The summed E-state index contributed by atoms with van der Waals surface area (Å²) in [5.41, 5.74) is 1.03. The summed E-state index contributed by atoms with van der Waals surface area (Å²) in [5, 5.41) is 0. The van der Waals surface area contributed by atoms with Gasteiger partial charge in [-0.25, -0.2) is 0 Å².